The van der Waals surface area contributed by atoms with Crippen LogP contribution in [0.2, 0.25) is 0 Å². The van der Waals surface area contributed by atoms with Gasteiger partial charge in [0.15, 0.2) is 5.52 Å². The number of nitrogens with zero attached hydrogens (tertiary/aromatic N) is 4. The van der Waals surface area contributed by atoms with Crippen LogP contribution in [0.1, 0.15) is 42.3 Å². The number of likely N-dealkylation sites (tertiary alicyclic amines) is 1. The van der Waals surface area contributed by atoms with Gasteiger partial charge in [-0.3, -0.25) is 9.59 Å². The molecule has 0 radical (unpaired) electrons. The molecule has 0 spiro atoms. The van der Waals surface area contributed by atoms with Gasteiger partial charge >= 0.3 is 0 Å². The number of nitrogens with one attached hydrogen (secondary N) is 3. The molecule has 3 aromatic rings. The molecule has 1 saturated carbocycles. The summed E-state index contributed by atoms with van der Waals surface area (Å²) in [5.74, 6) is 0.0460. The molecule has 1 amide bonds. The number of carbonyl (C=O) groups excluding carboxylic acids is 1. The van der Waals surface area contributed by atoms with Gasteiger partial charge in [0.1, 0.15) is 17.0 Å². The topological polar surface area (TPSA) is 127 Å². The van der Waals surface area contributed by atoms with Crippen molar-refractivity contribution in [2.75, 3.05) is 44.9 Å². The summed E-state index contributed by atoms with van der Waals surface area (Å²) in [4.78, 5) is 33.0. The van der Waals surface area contributed by atoms with Gasteiger partial charge in [-0.05, 0) is 58.0 Å². The Hall–Kier alpha value is -3.44. The number of ether oxygens (including phenoxy) is 1. The van der Waals surface area contributed by atoms with E-state index in [0.29, 0.717) is 28.2 Å². The summed E-state index contributed by atoms with van der Waals surface area (Å²) in [5.41, 5.74) is 1.70. The molecule has 3 N–H and O–H groups in total. The lowest BCUT2D eigenvalue weighted by molar-refractivity contribution is 0.00678. The lowest BCUT2D eigenvalue weighted by Gasteiger charge is -2.35. The number of rotatable bonds is 7. The van der Waals surface area contributed by atoms with Gasteiger partial charge in [0.05, 0.1) is 17.8 Å². The van der Waals surface area contributed by atoms with Crippen LogP contribution in [-0.4, -0.2) is 72.0 Å². The minimum absolute atomic E-state index is 0.00370. The highest BCUT2D eigenvalue weighted by atomic mass is 16.5. The standard InChI is InChI=1S/C24H31N7O4/c1-25-17-13-19(26-16-5-4-10-31(24(16)33)14-8-11-30(2)12-9-14)28-21-20(17)29-35-22(21)23(32)27-15-6-7-18(15)34-3/h4-5,10,13-15,18,25H,6-9,11-12H2,1-3H3,(H,26,28)(H,27,32)/t15-,18-/m1/s1. The van der Waals surface area contributed by atoms with Gasteiger partial charge in [-0.15, -0.1) is 0 Å². The van der Waals surface area contributed by atoms with E-state index in [0.717, 1.165) is 38.8 Å². The van der Waals surface area contributed by atoms with Crippen molar-refractivity contribution in [1.29, 1.82) is 0 Å². The number of anilines is 3. The molecule has 1 aliphatic heterocycles. The minimum atomic E-state index is -0.393. The number of methoxy groups -OCH3 is 1. The molecule has 186 valence electrons. The van der Waals surface area contributed by atoms with Crippen LogP contribution in [0.4, 0.5) is 17.2 Å². The van der Waals surface area contributed by atoms with Crippen molar-refractivity contribution < 1.29 is 14.1 Å². The molecule has 2 fully saturated rings. The maximum Gasteiger partial charge on any atom is 0.292 e. The highest BCUT2D eigenvalue weighted by Gasteiger charge is 2.34. The zero-order valence-corrected chi connectivity index (χ0v) is 20.2. The molecular weight excluding hydrogens is 450 g/mol. The fourth-order valence-electron chi connectivity index (χ4n) is 4.78. The average molecular weight is 482 g/mol. The predicted molar refractivity (Wildman–Crippen MR) is 132 cm³/mol. The Labute approximate surface area is 202 Å². The van der Waals surface area contributed by atoms with Gasteiger partial charge in [0, 0.05) is 32.5 Å². The largest absolute Gasteiger partial charge is 0.386 e. The number of fused-ring (bicyclic) bond motifs is 1. The Bertz CT molecular complexity index is 1280. The summed E-state index contributed by atoms with van der Waals surface area (Å²) in [5, 5.41) is 13.2. The van der Waals surface area contributed by atoms with E-state index in [4.69, 9.17) is 9.26 Å². The van der Waals surface area contributed by atoms with Crippen LogP contribution in [0.25, 0.3) is 11.0 Å². The van der Waals surface area contributed by atoms with Crippen molar-refractivity contribution in [3.8, 4) is 0 Å². The van der Waals surface area contributed by atoms with E-state index in [1.54, 1.807) is 30.9 Å². The number of pyridine rings is 2. The van der Waals surface area contributed by atoms with Crippen molar-refractivity contribution in [2.45, 2.75) is 43.9 Å². The highest BCUT2D eigenvalue weighted by Crippen LogP contribution is 2.29. The summed E-state index contributed by atoms with van der Waals surface area (Å²) < 4.78 is 12.6. The predicted octanol–water partition coefficient (Wildman–Crippen LogP) is 2.34. The molecule has 2 aliphatic rings. The van der Waals surface area contributed by atoms with E-state index in [1.165, 1.54) is 0 Å². The second-order valence-corrected chi connectivity index (χ2v) is 9.24. The molecule has 1 aliphatic carbocycles. The van der Waals surface area contributed by atoms with Crippen molar-refractivity contribution >= 4 is 34.1 Å². The average Bonchev–Trinajstić information content (AvgIpc) is 3.27. The fourth-order valence-corrected chi connectivity index (χ4v) is 4.78. The molecule has 2 atom stereocenters. The Kier molecular flexibility index (Phi) is 6.44. The molecule has 1 saturated heterocycles. The Morgan fingerprint density at radius 2 is 1.97 bits per heavy atom. The van der Waals surface area contributed by atoms with E-state index in [2.05, 4.69) is 38.0 Å². The van der Waals surface area contributed by atoms with Crippen LogP contribution in [0, 0.1) is 0 Å². The summed E-state index contributed by atoms with van der Waals surface area (Å²) >= 11 is 0. The normalized spacial score (nSPS) is 21.0. The van der Waals surface area contributed by atoms with E-state index in [1.807, 2.05) is 12.3 Å². The second-order valence-electron chi connectivity index (χ2n) is 9.24. The molecule has 5 rings (SSSR count). The van der Waals surface area contributed by atoms with Crippen molar-refractivity contribution in [2.24, 2.45) is 0 Å². The first kappa shape index (κ1) is 23.3. The molecule has 35 heavy (non-hydrogen) atoms. The number of amides is 1. The molecule has 4 heterocycles. The van der Waals surface area contributed by atoms with Crippen LogP contribution >= 0.6 is 0 Å². The third-order valence-electron chi connectivity index (χ3n) is 7.06. The van der Waals surface area contributed by atoms with E-state index in [9.17, 15) is 9.59 Å². The summed E-state index contributed by atoms with van der Waals surface area (Å²) in [7, 11) is 5.48. The third kappa shape index (κ3) is 4.48. The number of piperidine rings is 1. The summed E-state index contributed by atoms with van der Waals surface area (Å²) in [6.45, 7) is 1.92. The maximum absolute atomic E-state index is 13.3. The van der Waals surface area contributed by atoms with Gasteiger partial charge in [0.2, 0.25) is 5.76 Å². The fraction of sp³-hybridized carbons (Fsp3) is 0.500. The molecule has 11 nitrogen and oxygen atoms in total. The van der Waals surface area contributed by atoms with Crippen LogP contribution in [0.15, 0.2) is 33.7 Å². The summed E-state index contributed by atoms with van der Waals surface area (Å²) in [6, 6.07) is 5.44. The minimum Gasteiger partial charge on any atom is -0.386 e. The molecular formula is C24H31N7O4. The number of carbonyl (C=O) groups is 1. The molecule has 11 heteroatoms. The maximum atomic E-state index is 13.3. The Morgan fingerprint density at radius 3 is 2.66 bits per heavy atom. The van der Waals surface area contributed by atoms with Crippen LogP contribution < -0.4 is 21.5 Å². The third-order valence-corrected chi connectivity index (χ3v) is 7.06. The number of hydrogen-bond donors (Lipinski definition) is 3. The van der Waals surface area contributed by atoms with Gasteiger partial charge in [-0.25, -0.2) is 4.98 Å². The van der Waals surface area contributed by atoms with Crippen molar-refractivity contribution in [3.05, 3.63) is 40.5 Å². The lowest BCUT2D eigenvalue weighted by atomic mass is 9.89. The SMILES string of the molecule is CNc1cc(Nc2cccn(C3CCN(C)CC3)c2=O)nc2c(C(=O)N[C@@H]3CC[C@H]3OC)onc12. The van der Waals surface area contributed by atoms with Crippen LogP contribution in [-0.2, 0) is 4.74 Å². The van der Waals surface area contributed by atoms with E-state index < -0.39 is 5.91 Å². The van der Waals surface area contributed by atoms with Crippen LogP contribution in [0.3, 0.4) is 0 Å². The quantitative estimate of drug-likeness (QED) is 0.466. The molecule has 0 unspecified atom stereocenters. The summed E-state index contributed by atoms with van der Waals surface area (Å²) in [6.07, 6.45) is 5.44. The van der Waals surface area contributed by atoms with Gasteiger partial charge in [-0.2, -0.15) is 0 Å². The Balaban J connectivity index is 1.43. The van der Waals surface area contributed by atoms with Gasteiger partial charge in [-0.1, -0.05) is 5.16 Å². The van der Waals surface area contributed by atoms with E-state index in [-0.39, 0.29) is 29.5 Å². The second kappa shape index (κ2) is 9.67. The zero-order valence-electron chi connectivity index (χ0n) is 20.2. The monoisotopic (exact) mass is 481 g/mol. The van der Waals surface area contributed by atoms with Gasteiger partial charge in [0.25, 0.3) is 11.5 Å². The van der Waals surface area contributed by atoms with E-state index >= 15 is 0 Å². The Morgan fingerprint density at radius 1 is 1.17 bits per heavy atom. The van der Waals surface area contributed by atoms with Crippen LogP contribution in [0.5, 0.6) is 0 Å². The first-order chi connectivity index (χ1) is 17.0. The first-order valence-corrected chi connectivity index (χ1v) is 12.0. The first-order valence-electron chi connectivity index (χ1n) is 12.0. The zero-order chi connectivity index (χ0) is 24.5. The molecule has 3 aromatic heterocycles. The van der Waals surface area contributed by atoms with Gasteiger partial charge < -0.3 is 34.7 Å². The lowest BCUT2D eigenvalue weighted by Crippen LogP contribution is -2.51. The number of aromatic nitrogens is 3. The van der Waals surface area contributed by atoms with Crippen molar-refractivity contribution in [1.82, 2.24) is 24.9 Å². The van der Waals surface area contributed by atoms with Crippen molar-refractivity contribution in [3.63, 3.8) is 0 Å². The highest BCUT2D eigenvalue weighted by molar-refractivity contribution is 6.05. The molecule has 0 bridgehead atoms. The number of hydrogen-bond acceptors (Lipinski definition) is 9. The smallest absolute Gasteiger partial charge is 0.292 e. The molecule has 0 aromatic carbocycles.